The highest BCUT2D eigenvalue weighted by Crippen LogP contribution is 2.34. The van der Waals surface area contributed by atoms with Gasteiger partial charge in [0.25, 0.3) is 0 Å². The molecule has 0 aromatic heterocycles. The van der Waals surface area contributed by atoms with Gasteiger partial charge in [-0.3, -0.25) is 0 Å². The van der Waals surface area contributed by atoms with Crippen LogP contribution in [0.25, 0.3) is 0 Å². The molecule has 1 aliphatic rings. The normalized spacial score (nSPS) is 21.1. The summed E-state index contributed by atoms with van der Waals surface area (Å²) in [7, 11) is 0. The van der Waals surface area contributed by atoms with Crippen LogP contribution in [0.3, 0.4) is 0 Å². The average Bonchev–Trinajstić information content (AvgIpc) is 2.59. The first kappa shape index (κ1) is 18.0. The van der Waals surface area contributed by atoms with E-state index in [4.69, 9.17) is 4.74 Å². The van der Waals surface area contributed by atoms with Crippen LogP contribution in [0.2, 0.25) is 0 Å². The van der Waals surface area contributed by atoms with E-state index in [2.05, 4.69) is 19.1 Å². The van der Waals surface area contributed by atoms with E-state index in [-0.39, 0.29) is 5.97 Å². The summed E-state index contributed by atoms with van der Waals surface area (Å²) in [5.74, 6) is 1.68. The van der Waals surface area contributed by atoms with E-state index in [0.717, 1.165) is 18.3 Å². The molecular formula is C21H32O2. The first-order valence-corrected chi connectivity index (χ1v) is 9.49. The van der Waals surface area contributed by atoms with Gasteiger partial charge in [-0.2, -0.15) is 0 Å². The Morgan fingerprint density at radius 1 is 1.00 bits per heavy atom. The molecule has 0 amide bonds. The molecule has 1 saturated carbocycles. The molecule has 2 rings (SSSR count). The maximum absolute atomic E-state index is 11.6. The Kier molecular flexibility index (Phi) is 7.64. The number of aryl methyl sites for hydroxylation is 1. The SMILES string of the molecule is CCCCC1CCC(CCc2ccc(C(=O)OCC)cc2)CC1. The van der Waals surface area contributed by atoms with Gasteiger partial charge in [0.05, 0.1) is 12.2 Å². The van der Waals surface area contributed by atoms with E-state index in [1.54, 1.807) is 0 Å². The standard InChI is InChI=1S/C21H32O2/c1-3-5-6-17-7-9-18(10-8-17)11-12-19-13-15-20(16-14-19)21(22)23-4-2/h13-18H,3-12H2,1-2H3. The van der Waals surface area contributed by atoms with E-state index >= 15 is 0 Å². The van der Waals surface area contributed by atoms with Crippen LogP contribution in [0.15, 0.2) is 24.3 Å². The fraction of sp³-hybridized carbons (Fsp3) is 0.667. The van der Waals surface area contributed by atoms with Crippen LogP contribution in [0.5, 0.6) is 0 Å². The number of ether oxygens (including phenoxy) is 1. The summed E-state index contributed by atoms with van der Waals surface area (Å²) < 4.78 is 5.02. The van der Waals surface area contributed by atoms with E-state index in [1.807, 2.05) is 19.1 Å². The Hall–Kier alpha value is -1.31. The maximum atomic E-state index is 11.6. The third-order valence-electron chi connectivity index (χ3n) is 5.24. The molecule has 0 saturated heterocycles. The number of carbonyl (C=O) groups is 1. The molecule has 0 unspecified atom stereocenters. The zero-order valence-corrected chi connectivity index (χ0v) is 14.9. The monoisotopic (exact) mass is 316 g/mol. The lowest BCUT2D eigenvalue weighted by atomic mass is 9.78. The Morgan fingerprint density at radius 3 is 2.17 bits per heavy atom. The molecule has 0 N–H and O–H groups in total. The molecule has 0 atom stereocenters. The highest BCUT2D eigenvalue weighted by Gasteiger charge is 2.20. The Morgan fingerprint density at radius 2 is 1.61 bits per heavy atom. The van der Waals surface area contributed by atoms with Crippen molar-refractivity contribution in [1.29, 1.82) is 0 Å². The largest absolute Gasteiger partial charge is 0.462 e. The molecule has 0 radical (unpaired) electrons. The number of hydrogen-bond donors (Lipinski definition) is 0. The second kappa shape index (κ2) is 9.75. The summed E-state index contributed by atoms with van der Waals surface area (Å²) >= 11 is 0. The van der Waals surface area contributed by atoms with Crippen LogP contribution in [-0.2, 0) is 11.2 Å². The minimum atomic E-state index is -0.218. The van der Waals surface area contributed by atoms with Gasteiger partial charge in [0.15, 0.2) is 0 Å². The lowest BCUT2D eigenvalue weighted by Crippen LogP contribution is -2.15. The van der Waals surface area contributed by atoms with Crippen LogP contribution in [0, 0.1) is 11.8 Å². The van der Waals surface area contributed by atoms with Crippen molar-refractivity contribution in [1.82, 2.24) is 0 Å². The zero-order chi connectivity index (χ0) is 16.5. The van der Waals surface area contributed by atoms with Crippen molar-refractivity contribution in [2.24, 2.45) is 11.8 Å². The molecule has 128 valence electrons. The number of benzene rings is 1. The first-order valence-electron chi connectivity index (χ1n) is 9.49. The second-order valence-electron chi connectivity index (χ2n) is 6.99. The van der Waals surface area contributed by atoms with Crippen molar-refractivity contribution in [3.8, 4) is 0 Å². The molecule has 0 heterocycles. The topological polar surface area (TPSA) is 26.3 Å². The van der Waals surface area contributed by atoms with Gasteiger partial charge >= 0.3 is 5.97 Å². The van der Waals surface area contributed by atoms with Crippen molar-refractivity contribution in [2.75, 3.05) is 6.61 Å². The zero-order valence-electron chi connectivity index (χ0n) is 14.9. The van der Waals surface area contributed by atoms with Crippen LogP contribution >= 0.6 is 0 Å². The molecule has 2 heteroatoms. The van der Waals surface area contributed by atoms with Crippen LogP contribution in [-0.4, -0.2) is 12.6 Å². The summed E-state index contributed by atoms with van der Waals surface area (Å²) in [5, 5.41) is 0. The summed E-state index contributed by atoms with van der Waals surface area (Å²) in [5.41, 5.74) is 2.00. The predicted octanol–water partition coefficient (Wildman–Crippen LogP) is 5.79. The fourth-order valence-corrected chi connectivity index (χ4v) is 3.69. The van der Waals surface area contributed by atoms with Gasteiger partial charge in [0.2, 0.25) is 0 Å². The van der Waals surface area contributed by atoms with Gasteiger partial charge in [-0.25, -0.2) is 4.79 Å². The highest BCUT2D eigenvalue weighted by molar-refractivity contribution is 5.89. The summed E-state index contributed by atoms with van der Waals surface area (Å²) in [6, 6.07) is 7.96. The third-order valence-corrected chi connectivity index (χ3v) is 5.24. The molecule has 1 aliphatic carbocycles. The van der Waals surface area contributed by atoms with Gasteiger partial charge in [-0.15, -0.1) is 0 Å². The Balaban J connectivity index is 1.71. The lowest BCUT2D eigenvalue weighted by molar-refractivity contribution is 0.0526. The van der Waals surface area contributed by atoms with Gasteiger partial charge < -0.3 is 4.74 Å². The second-order valence-corrected chi connectivity index (χ2v) is 6.99. The van der Waals surface area contributed by atoms with Gasteiger partial charge in [-0.1, -0.05) is 64.0 Å². The van der Waals surface area contributed by atoms with Gasteiger partial charge in [0, 0.05) is 0 Å². The number of rotatable bonds is 8. The minimum Gasteiger partial charge on any atom is -0.462 e. The van der Waals surface area contributed by atoms with Gasteiger partial charge in [-0.05, 0) is 49.3 Å². The molecule has 1 aromatic rings. The minimum absolute atomic E-state index is 0.218. The predicted molar refractivity (Wildman–Crippen MR) is 95.7 cm³/mol. The number of esters is 1. The lowest BCUT2D eigenvalue weighted by Gasteiger charge is -2.28. The van der Waals surface area contributed by atoms with Crippen LogP contribution in [0.1, 0.15) is 81.1 Å². The molecule has 0 bridgehead atoms. The fourth-order valence-electron chi connectivity index (χ4n) is 3.69. The number of unbranched alkanes of at least 4 members (excludes halogenated alkanes) is 1. The maximum Gasteiger partial charge on any atom is 0.338 e. The van der Waals surface area contributed by atoms with Crippen LogP contribution in [0.4, 0.5) is 0 Å². The van der Waals surface area contributed by atoms with E-state index < -0.39 is 0 Å². The highest BCUT2D eigenvalue weighted by atomic mass is 16.5. The molecule has 1 aromatic carbocycles. The smallest absolute Gasteiger partial charge is 0.338 e. The van der Waals surface area contributed by atoms with E-state index in [0.29, 0.717) is 12.2 Å². The number of carbonyl (C=O) groups excluding carboxylic acids is 1. The molecule has 0 aliphatic heterocycles. The summed E-state index contributed by atoms with van der Waals surface area (Å²) in [6.45, 7) is 4.56. The van der Waals surface area contributed by atoms with E-state index in [1.165, 1.54) is 56.9 Å². The summed E-state index contributed by atoms with van der Waals surface area (Å²) in [4.78, 5) is 11.6. The molecule has 2 nitrogen and oxygen atoms in total. The third kappa shape index (κ3) is 6.01. The van der Waals surface area contributed by atoms with Crippen molar-refractivity contribution in [3.63, 3.8) is 0 Å². The van der Waals surface area contributed by atoms with Crippen molar-refractivity contribution in [3.05, 3.63) is 35.4 Å². The molecule has 23 heavy (non-hydrogen) atoms. The molecule has 0 spiro atoms. The van der Waals surface area contributed by atoms with Crippen molar-refractivity contribution in [2.45, 2.75) is 71.6 Å². The Labute approximate surface area is 141 Å². The van der Waals surface area contributed by atoms with Crippen molar-refractivity contribution >= 4 is 5.97 Å². The van der Waals surface area contributed by atoms with E-state index in [9.17, 15) is 4.79 Å². The quantitative estimate of drug-likeness (QED) is 0.567. The average molecular weight is 316 g/mol. The summed E-state index contributed by atoms with van der Waals surface area (Å²) in [6.07, 6.45) is 12.3. The molecule has 1 fully saturated rings. The Bertz CT molecular complexity index is 455. The van der Waals surface area contributed by atoms with Gasteiger partial charge in [0.1, 0.15) is 0 Å². The molecular weight excluding hydrogens is 284 g/mol. The number of hydrogen-bond acceptors (Lipinski definition) is 2. The van der Waals surface area contributed by atoms with Crippen LogP contribution < -0.4 is 0 Å². The first-order chi connectivity index (χ1) is 11.2. The van der Waals surface area contributed by atoms with Crippen molar-refractivity contribution < 1.29 is 9.53 Å².